The summed E-state index contributed by atoms with van der Waals surface area (Å²) < 4.78 is 0. The minimum atomic E-state index is -0.0933. The number of aryl methyl sites for hydroxylation is 1. The van der Waals surface area contributed by atoms with Gasteiger partial charge >= 0.3 is 6.03 Å². The van der Waals surface area contributed by atoms with Crippen molar-refractivity contribution >= 4 is 29.4 Å². The highest BCUT2D eigenvalue weighted by Crippen LogP contribution is 2.12. The van der Waals surface area contributed by atoms with Crippen molar-refractivity contribution < 1.29 is 9.59 Å². The normalized spacial score (nSPS) is 14.7. The number of nitrogens with zero attached hydrogens (tertiary/aromatic N) is 2. The van der Waals surface area contributed by atoms with Gasteiger partial charge in [0.15, 0.2) is 0 Å². The maximum absolute atomic E-state index is 12.3. The Balaban J connectivity index is 1.77. The third-order valence-corrected chi connectivity index (χ3v) is 4.75. The SMILES string of the molecule is CCSCCC(=O)N1CCN(C(=O)Nc2cccc(C)c2)CC1. The molecule has 1 aromatic rings. The van der Waals surface area contributed by atoms with E-state index >= 15 is 0 Å². The second kappa shape index (κ2) is 8.82. The molecule has 1 saturated heterocycles. The van der Waals surface area contributed by atoms with Gasteiger partial charge in [-0.2, -0.15) is 11.8 Å². The Morgan fingerprint density at radius 3 is 2.52 bits per heavy atom. The van der Waals surface area contributed by atoms with Crippen LogP contribution in [0.15, 0.2) is 24.3 Å². The lowest BCUT2D eigenvalue weighted by molar-refractivity contribution is -0.132. The smallest absolute Gasteiger partial charge is 0.321 e. The number of carbonyl (C=O) groups is 2. The highest BCUT2D eigenvalue weighted by Gasteiger charge is 2.23. The van der Waals surface area contributed by atoms with Gasteiger partial charge in [-0.1, -0.05) is 19.1 Å². The molecule has 3 amide bonds. The summed E-state index contributed by atoms with van der Waals surface area (Å²) in [6.45, 7) is 6.51. The molecule has 0 unspecified atom stereocenters. The van der Waals surface area contributed by atoms with E-state index in [1.54, 1.807) is 16.7 Å². The number of amides is 3. The van der Waals surface area contributed by atoms with Crippen LogP contribution < -0.4 is 5.32 Å². The first-order valence-electron chi connectivity index (χ1n) is 8.08. The Morgan fingerprint density at radius 1 is 1.17 bits per heavy atom. The fraction of sp³-hybridized carbons (Fsp3) is 0.529. The van der Waals surface area contributed by atoms with E-state index in [1.165, 1.54) is 0 Å². The van der Waals surface area contributed by atoms with Gasteiger partial charge in [-0.3, -0.25) is 4.79 Å². The zero-order chi connectivity index (χ0) is 16.7. The van der Waals surface area contributed by atoms with Crippen molar-refractivity contribution in [1.82, 2.24) is 9.80 Å². The van der Waals surface area contributed by atoms with E-state index in [2.05, 4.69) is 12.2 Å². The maximum atomic E-state index is 12.3. The topological polar surface area (TPSA) is 52.7 Å². The molecule has 0 saturated carbocycles. The Hall–Kier alpha value is -1.69. The molecule has 1 aromatic carbocycles. The van der Waals surface area contributed by atoms with Gasteiger partial charge in [0, 0.05) is 44.0 Å². The number of rotatable bonds is 5. The van der Waals surface area contributed by atoms with E-state index in [0.29, 0.717) is 32.6 Å². The summed E-state index contributed by atoms with van der Waals surface area (Å²) in [6.07, 6.45) is 0.591. The Bertz CT molecular complexity index is 542. The molecule has 6 heteroatoms. The van der Waals surface area contributed by atoms with Crippen molar-refractivity contribution in [2.45, 2.75) is 20.3 Å². The number of nitrogens with one attached hydrogen (secondary N) is 1. The number of piperazine rings is 1. The molecular weight excluding hydrogens is 310 g/mol. The van der Waals surface area contributed by atoms with Crippen LogP contribution in [-0.2, 0) is 4.79 Å². The third kappa shape index (κ3) is 5.46. The van der Waals surface area contributed by atoms with E-state index in [9.17, 15) is 9.59 Å². The molecule has 0 aliphatic carbocycles. The molecule has 0 radical (unpaired) electrons. The highest BCUT2D eigenvalue weighted by atomic mass is 32.2. The number of hydrogen-bond acceptors (Lipinski definition) is 3. The highest BCUT2D eigenvalue weighted by molar-refractivity contribution is 7.99. The molecule has 2 rings (SSSR count). The predicted molar refractivity (Wildman–Crippen MR) is 96.0 cm³/mol. The summed E-state index contributed by atoms with van der Waals surface area (Å²) in [5.41, 5.74) is 1.92. The lowest BCUT2D eigenvalue weighted by atomic mass is 10.2. The Kier molecular flexibility index (Phi) is 6.77. The van der Waals surface area contributed by atoms with Crippen molar-refractivity contribution in [3.63, 3.8) is 0 Å². The summed E-state index contributed by atoms with van der Waals surface area (Å²) in [5.74, 6) is 2.12. The number of urea groups is 1. The summed E-state index contributed by atoms with van der Waals surface area (Å²) in [6, 6.07) is 7.66. The molecule has 1 aliphatic heterocycles. The van der Waals surface area contributed by atoms with Crippen molar-refractivity contribution in [3.8, 4) is 0 Å². The molecule has 1 aliphatic rings. The minimum absolute atomic E-state index is 0.0933. The summed E-state index contributed by atoms with van der Waals surface area (Å²) >= 11 is 1.79. The third-order valence-electron chi connectivity index (χ3n) is 3.85. The van der Waals surface area contributed by atoms with E-state index < -0.39 is 0 Å². The van der Waals surface area contributed by atoms with E-state index in [4.69, 9.17) is 0 Å². The molecule has 0 spiro atoms. The second-order valence-corrected chi connectivity index (χ2v) is 7.01. The molecule has 1 fully saturated rings. The molecule has 1 N–H and O–H groups in total. The number of carbonyl (C=O) groups excluding carboxylic acids is 2. The summed E-state index contributed by atoms with van der Waals surface area (Å²) in [7, 11) is 0. The van der Waals surface area contributed by atoms with Gasteiger partial charge < -0.3 is 15.1 Å². The molecule has 5 nitrogen and oxygen atoms in total. The minimum Gasteiger partial charge on any atom is -0.339 e. The molecule has 126 valence electrons. The van der Waals surface area contributed by atoms with Gasteiger partial charge in [0.25, 0.3) is 0 Å². The molecule has 0 bridgehead atoms. The van der Waals surface area contributed by atoms with Crippen LogP contribution >= 0.6 is 11.8 Å². The van der Waals surface area contributed by atoms with Gasteiger partial charge in [-0.25, -0.2) is 4.79 Å². The van der Waals surface area contributed by atoms with Crippen LogP contribution in [0, 0.1) is 6.92 Å². The van der Waals surface area contributed by atoms with Crippen LogP contribution in [0.3, 0.4) is 0 Å². The first-order valence-corrected chi connectivity index (χ1v) is 9.23. The lowest BCUT2D eigenvalue weighted by Gasteiger charge is -2.34. The number of thioether (sulfide) groups is 1. The van der Waals surface area contributed by atoms with Crippen molar-refractivity contribution in [2.75, 3.05) is 43.0 Å². The van der Waals surface area contributed by atoms with Gasteiger partial charge in [0.1, 0.15) is 0 Å². The average Bonchev–Trinajstić information content (AvgIpc) is 2.55. The van der Waals surface area contributed by atoms with Gasteiger partial charge in [0.05, 0.1) is 0 Å². The number of anilines is 1. The van der Waals surface area contributed by atoms with Crippen LogP contribution in [0.4, 0.5) is 10.5 Å². The molecular formula is C17H25N3O2S. The van der Waals surface area contributed by atoms with E-state index in [1.807, 2.05) is 36.1 Å². The molecule has 1 heterocycles. The first-order chi connectivity index (χ1) is 11.1. The van der Waals surface area contributed by atoms with Crippen molar-refractivity contribution in [1.29, 1.82) is 0 Å². The Morgan fingerprint density at radius 2 is 1.87 bits per heavy atom. The van der Waals surface area contributed by atoms with Crippen LogP contribution in [-0.4, -0.2) is 59.4 Å². The van der Waals surface area contributed by atoms with Gasteiger partial charge in [0.2, 0.25) is 5.91 Å². The van der Waals surface area contributed by atoms with E-state index in [0.717, 1.165) is 22.8 Å². The number of hydrogen-bond donors (Lipinski definition) is 1. The average molecular weight is 335 g/mol. The maximum Gasteiger partial charge on any atom is 0.321 e. The second-order valence-electron chi connectivity index (χ2n) is 5.61. The van der Waals surface area contributed by atoms with Gasteiger partial charge in [-0.05, 0) is 30.4 Å². The number of benzene rings is 1. The first kappa shape index (κ1) is 17.7. The van der Waals surface area contributed by atoms with Gasteiger partial charge in [-0.15, -0.1) is 0 Å². The van der Waals surface area contributed by atoms with Crippen LogP contribution in [0.25, 0.3) is 0 Å². The summed E-state index contributed by atoms with van der Waals surface area (Å²) in [4.78, 5) is 28.0. The zero-order valence-corrected chi connectivity index (χ0v) is 14.7. The standard InChI is InChI=1S/C17H25N3O2S/c1-3-23-12-7-16(21)19-8-10-20(11-9-19)17(22)18-15-6-4-5-14(2)13-15/h4-6,13H,3,7-12H2,1-2H3,(H,18,22). The molecule has 0 aromatic heterocycles. The van der Waals surface area contributed by atoms with Crippen molar-refractivity contribution in [2.24, 2.45) is 0 Å². The van der Waals surface area contributed by atoms with Crippen LogP contribution in [0.5, 0.6) is 0 Å². The van der Waals surface area contributed by atoms with Crippen LogP contribution in [0.2, 0.25) is 0 Å². The lowest BCUT2D eigenvalue weighted by Crippen LogP contribution is -2.51. The van der Waals surface area contributed by atoms with Crippen LogP contribution in [0.1, 0.15) is 18.9 Å². The quantitative estimate of drug-likeness (QED) is 0.842. The Labute approximate surface area is 142 Å². The fourth-order valence-electron chi connectivity index (χ4n) is 2.55. The largest absolute Gasteiger partial charge is 0.339 e. The summed E-state index contributed by atoms with van der Waals surface area (Å²) in [5, 5.41) is 2.92. The molecule has 23 heavy (non-hydrogen) atoms. The monoisotopic (exact) mass is 335 g/mol. The van der Waals surface area contributed by atoms with E-state index in [-0.39, 0.29) is 11.9 Å². The fourth-order valence-corrected chi connectivity index (χ4v) is 3.15. The predicted octanol–water partition coefficient (Wildman–Crippen LogP) is 2.81. The van der Waals surface area contributed by atoms with Crippen molar-refractivity contribution in [3.05, 3.63) is 29.8 Å². The molecule has 0 atom stereocenters. The zero-order valence-electron chi connectivity index (χ0n) is 13.9.